The summed E-state index contributed by atoms with van der Waals surface area (Å²) in [6.45, 7) is 5.94. The molecule has 3 nitrogen and oxygen atoms in total. The van der Waals surface area contributed by atoms with Gasteiger partial charge in [0.25, 0.3) is 0 Å². The molecule has 0 aliphatic rings. The first-order valence-electron chi connectivity index (χ1n) is 8.72. The number of terminal acetylenes is 1. The molecule has 0 amide bonds. The Kier molecular flexibility index (Phi) is 5.21. The SMILES string of the molecule is C#CCn1c(C)c(CN(C)C(C)Cc2ccccn2)c2ccccc21. The van der Waals surface area contributed by atoms with Gasteiger partial charge in [-0.25, -0.2) is 0 Å². The molecular formula is C22H25N3. The Hall–Kier alpha value is -2.57. The molecule has 25 heavy (non-hydrogen) atoms. The number of benzene rings is 1. The van der Waals surface area contributed by atoms with Crippen molar-refractivity contribution in [3.8, 4) is 12.3 Å². The third-order valence-corrected chi connectivity index (χ3v) is 5.00. The lowest BCUT2D eigenvalue weighted by atomic mass is 10.1. The summed E-state index contributed by atoms with van der Waals surface area (Å²) in [6.07, 6.45) is 8.38. The maximum Gasteiger partial charge on any atom is 0.0837 e. The van der Waals surface area contributed by atoms with Gasteiger partial charge in [0.1, 0.15) is 0 Å². The van der Waals surface area contributed by atoms with Gasteiger partial charge in [-0.15, -0.1) is 6.42 Å². The van der Waals surface area contributed by atoms with E-state index in [1.165, 1.54) is 22.2 Å². The maximum absolute atomic E-state index is 5.58. The molecule has 3 heteroatoms. The Bertz CT molecular complexity index is 887. The number of rotatable bonds is 6. The van der Waals surface area contributed by atoms with Crippen LogP contribution in [0.5, 0.6) is 0 Å². The van der Waals surface area contributed by atoms with Crippen LogP contribution in [0.3, 0.4) is 0 Å². The topological polar surface area (TPSA) is 21.1 Å². The van der Waals surface area contributed by atoms with E-state index in [9.17, 15) is 0 Å². The normalized spacial score (nSPS) is 12.4. The number of aromatic nitrogens is 2. The molecule has 1 atom stereocenters. The van der Waals surface area contributed by atoms with Crippen LogP contribution in [-0.2, 0) is 19.5 Å². The minimum absolute atomic E-state index is 0.407. The Labute approximate surface area is 150 Å². The second-order valence-electron chi connectivity index (χ2n) is 6.66. The average molecular weight is 331 g/mol. The van der Waals surface area contributed by atoms with Crippen molar-refractivity contribution >= 4 is 10.9 Å². The third-order valence-electron chi connectivity index (χ3n) is 5.00. The van der Waals surface area contributed by atoms with Crippen molar-refractivity contribution in [3.05, 3.63) is 65.6 Å². The molecule has 0 bridgehead atoms. The van der Waals surface area contributed by atoms with Crippen molar-refractivity contribution in [3.63, 3.8) is 0 Å². The molecule has 0 aliphatic heterocycles. The number of para-hydroxylation sites is 1. The van der Waals surface area contributed by atoms with Crippen molar-refractivity contribution < 1.29 is 0 Å². The first kappa shape index (κ1) is 17.3. The largest absolute Gasteiger partial charge is 0.333 e. The summed E-state index contributed by atoms with van der Waals surface area (Å²) in [5.41, 5.74) is 4.98. The minimum atomic E-state index is 0.407. The van der Waals surface area contributed by atoms with Gasteiger partial charge in [0.15, 0.2) is 0 Å². The van der Waals surface area contributed by atoms with Crippen LogP contribution >= 0.6 is 0 Å². The van der Waals surface area contributed by atoms with Gasteiger partial charge >= 0.3 is 0 Å². The quantitative estimate of drug-likeness (QED) is 0.636. The molecule has 0 aliphatic carbocycles. The lowest BCUT2D eigenvalue weighted by molar-refractivity contribution is 0.247. The number of fused-ring (bicyclic) bond motifs is 1. The van der Waals surface area contributed by atoms with Crippen LogP contribution in [0.15, 0.2) is 48.7 Å². The predicted octanol–water partition coefficient (Wildman–Crippen LogP) is 4.04. The summed E-state index contributed by atoms with van der Waals surface area (Å²) >= 11 is 0. The Morgan fingerprint density at radius 3 is 2.68 bits per heavy atom. The van der Waals surface area contributed by atoms with Crippen LogP contribution in [0, 0.1) is 19.3 Å². The molecule has 128 valence electrons. The van der Waals surface area contributed by atoms with Crippen LogP contribution in [-0.4, -0.2) is 27.5 Å². The van der Waals surface area contributed by atoms with Crippen molar-refractivity contribution in [2.75, 3.05) is 7.05 Å². The molecule has 0 saturated carbocycles. The molecular weight excluding hydrogens is 306 g/mol. The van der Waals surface area contributed by atoms with E-state index in [4.69, 9.17) is 6.42 Å². The summed E-state index contributed by atoms with van der Waals surface area (Å²) in [7, 11) is 2.18. The van der Waals surface area contributed by atoms with E-state index >= 15 is 0 Å². The minimum Gasteiger partial charge on any atom is -0.333 e. The van der Waals surface area contributed by atoms with Crippen LogP contribution in [0.1, 0.15) is 23.9 Å². The van der Waals surface area contributed by atoms with E-state index in [0.717, 1.165) is 18.7 Å². The van der Waals surface area contributed by atoms with Crippen LogP contribution in [0.2, 0.25) is 0 Å². The van der Waals surface area contributed by atoms with Crippen molar-refractivity contribution in [1.29, 1.82) is 0 Å². The van der Waals surface area contributed by atoms with Crippen LogP contribution in [0.25, 0.3) is 10.9 Å². The lowest BCUT2D eigenvalue weighted by Crippen LogP contribution is -2.30. The van der Waals surface area contributed by atoms with E-state index in [1.807, 2.05) is 18.3 Å². The van der Waals surface area contributed by atoms with Gasteiger partial charge < -0.3 is 4.57 Å². The summed E-state index contributed by atoms with van der Waals surface area (Å²) in [6, 6.07) is 15.0. The number of hydrogen-bond acceptors (Lipinski definition) is 2. The highest BCUT2D eigenvalue weighted by Crippen LogP contribution is 2.27. The number of pyridine rings is 1. The number of hydrogen-bond donors (Lipinski definition) is 0. The van der Waals surface area contributed by atoms with E-state index in [2.05, 4.69) is 71.6 Å². The second kappa shape index (κ2) is 7.55. The zero-order valence-corrected chi connectivity index (χ0v) is 15.2. The standard InChI is InChI=1S/C22H25N3/c1-5-14-25-18(3)21(20-11-6-7-12-22(20)25)16-24(4)17(2)15-19-10-8-9-13-23-19/h1,6-13,17H,14-16H2,2-4H3. The smallest absolute Gasteiger partial charge is 0.0837 e. The monoisotopic (exact) mass is 331 g/mol. The first-order chi connectivity index (χ1) is 12.1. The number of likely N-dealkylation sites (N-methyl/N-ethyl adjacent to an activating group) is 1. The van der Waals surface area contributed by atoms with E-state index in [1.54, 1.807) is 0 Å². The van der Waals surface area contributed by atoms with Gasteiger partial charge in [0.05, 0.1) is 6.54 Å². The lowest BCUT2D eigenvalue weighted by Gasteiger charge is -2.25. The highest BCUT2D eigenvalue weighted by molar-refractivity contribution is 5.85. The van der Waals surface area contributed by atoms with Gasteiger partial charge in [-0.05, 0) is 44.7 Å². The zero-order valence-electron chi connectivity index (χ0n) is 15.2. The number of nitrogens with zero attached hydrogens (tertiary/aromatic N) is 3. The van der Waals surface area contributed by atoms with Gasteiger partial charge in [0.2, 0.25) is 0 Å². The molecule has 3 rings (SSSR count). The molecule has 0 spiro atoms. The third kappa shape index (κ3) is 3.60. The molecule has 0 saturated heterocycles. The highest BCUT2D eigenvalue weighted by Gasteiger charge is 2.17. The molecule has 0 N–H and O–H groups in total. The fraction of sp³-hybridized carbons (Fsp3) is 0.318. The van der Waals surface area contributed by atoms with Crippen molar-refractivity contribution in [2.24, 2.45) is 0 Å². The Balaban J connectivity index is 1.85. The predicted molar refractivity (Wildman–Crippen MR) is 104 cm³/mol. The molecule has 1 aromatic carbocycles. The van der Waals surface area contributed by atoms with Gasteiger partial charge in [-0.3, -0.25) is 9.88 Å². The molecule has 0 fully saturated rings. The second-order valence-corrected chi connectivity index (χ2v) is 6.66. The Morgan fingerprint density at radius 2 is 1.96 bits per heavy atom. The average Bonchev–Trinajstić information content (AvgIpc) is 2.89. The molecule has 1 unspecified atom stereocenters. The van der Waals surface area contributed by atoms with Crippen molar-refractivity contribution in [1.82, 2.24) is 14.5 Å². The van der Waals surface area contributed by atoms with Crippen LogP contribution < -0.4 is 0 Å². The van der Waals surface area contributed by atoms with E-state index in [-0.39, 0.29) is 0 Å². The highest BCUT2D eigenvalue weighted by atomic mass is 15.1. The van der Waals surface area contributed by atoms with Gasteiger partial charge in [-0.2, -0.15) is 0 Å². The molecule has 0 radical (unpaired) electrons. The van der Waals surface area contributed by atoms with E-state index < -0.39 is 0 Å². The molecule has 2 aromatic heterocycles. The molecule has 3 aromatic rings. The zero-order chi connectivity index (χ0) is 17.8. The van der Waals surface area contributed by atoms with Crippen LogP contribution in [0.4, 0.5) is 0 Å². The fourth-order valence-electron chi connectivity index (χ4n) is 3.38. The maximum atomic E-state index is 5.58. The van der Waals surface area contributed by atoms with Crippen molar-refractivity contribution in [2.45, 2.75) is 39.4 Å². The fourth-order valence-corrected chi connectivity index (χ4v) is 3.38. The summed E-state index contributed by atoms with van der Waals surface area (Å²) in [4.78, 5) is 6.84. The first-order valence-corrected chi connectivity index (χ1v) is 8.72. The Morgan fingerprint density at radius 1 is 1.20 bits per heavy atom. The summed E-state index contributed by atoms with van der Waals surface area (Å²) < 4.78 is 2.24. The van der Waals surface area contributed by atoms with Gasteiger partial charge in [-0.1, -0.05) is 30.2 Å². The van der Waals surface area contributed by atoms with E-state index in [0.29, 0.717) is 12.6 Å². The summed E-state index contributed by atoms with van der Waals surface area (Å²) in [5.74, 6) is 2.78. The van der Waals surface area contributed by atoms with Gasteiger partial charge in [0, 0.05) is 47.5 Å². The summed E-state index contributed by atoms with van der Waals surface area (Å²) in [5, 5.41) is 1.30. The molecule has 2 heterocycles.